The molecule has 2 aromatic rings. The lowest BCUT2D eigenvalue weighted by Crippen LogP contribution is -2.31. The number of hydrogen-bond acceptors (Lipinski definition) is 3. The average Bonchev–Trinajstić information content (AvgIpc) is 2.61. The Morgan fingerprint density at radius 1 is 0.960 bits per heavy atom. The summed E-state index contributed by atoms with van der Waals surface area (Å²) in [4.78, 5) is 14.1. The molecule has 5 nitrogen and oxygen atoms in total. The summed E-state index contributed by atoms with van der Waals surface area (Å²) in [7, 11) is -3.70. The number of amides is 1. The summed E-state index contributed by atoms with van der Waals surface area (Å²) in [6.07, 6.45) is 3.26. The topological polar surface area (TPSA) is 66.5 Å². The Morgan fingerprint density at radius 2 is 1.52 bits per heavy atom. The van der Waals surface area contributed by atoms with Gasteiger partial charge in [0, 0.05) is 24.3 Å². The van der Waals surface area contributed by atoms with E-state index in [1.54, 1.807) is 47.4 Å². The monoisotopic (exact) mass is 356 g/mol. The third kappa shape index (κ3) is 4.81. The van der Waals surface area contributed by atoms with E-state index in [0.717, 1.165) is 0 Å². The van der Waals surface area contributed by atoms with E-state index in [-0.39, 0.29) is 10.8 Å². The minimum Gasteiger partial charge on any atom is -0.331 e. The van der Waals surface area contributed by atoms with E-state index in [1.807, 2.05) is 0 Å². The molecule has 2 aromatic carbocycles. The summed E-state index contributed by atoms with van der Waals surface area (Å²) in [5.74, 6) is -0.209. The lowest BCUT2D eigenvalue weighted by Gasteiger charge is -2.19. The molecule has 0 saturated heterocycles. The quantitative estimate of drug-likeness (QED) is 0.738. The fraction of sp³-hybridized carbons (Fsp3) is 0.105. The van der Waals surface area contributed by atoms with Crippen molar-refractivity contribution in [2.75, 3.05) is 17.8 Å². The third-order valence-electron chi connectivity index (χ3n) is 3.42. The first-order chi connectivity index (χ1) is 12.0. The highest BCUT2D eigenvalue weighted by Gasteiger charge is 2.17. The standard InChI is InChI=1S/C19H20N2O3S/c1-3-14-21(15-4-2)19(22)16-10-12-18(13-11-16)25(23,24)20-17-8-6-5-7-9-17/h3-13,20H,1-2,14-15H2. The van der Waals surface area contributed by atoms with Crippen LogP contribution in [0.5, 0.6) is 0 Å². The Hall–Kier alpha value is -2.86. The van der Waals surface area contributed by atoms with Crippen LogP contribution in [0.4, 0.5) is 5.69 Å². The van der Waals surface area contributed by atoms with Gasteiger partial charge in [-0.25, -0.2) is 8.42 Å². The molecule has 0 spiro atoms. The molecule has 0 aromatic heterocycles. The second-order valence-electron chi connectivity index (χ2n) is 5.28. The Bertz CT molecular complexity index is 834. The number of carbonyl (C=O) groups excluding carboxylic acids is 1. The minimum absolute atomic E-state index is 0.0897. The molecule has 25 heavy (non-hydrogen) atoms. The molecule has 0 fully saturated rings. The van der Waals surface area contributed by atoms with Crippen LogP contribution in [0.2, 0.25) is 0 Å². The Morgan fingerprint density at radius 3 is 2.04 bits per heavy atom. The van der Waals surface area contributed by atoms with E-state index in [4.69, 9.17) is 0 Å². The van der Waals surface area contributed by atoms with E-state index < -0.39 is 10.0 Å². The average molecular weight is 356 g/mol. The third-order valence-corrected chi connectivity index (χ3v) is 4.82. The number of nitrogens with one attached hydrogen (secondary N) is 1. The van der Waals surface area contributed by atoms with Crippen molar-refractivity contribution in [1.29, 1.82) is 0 Å². The Labute approximate surface area is 148 Å². The number of rotatable bonds is 8. The molecule has 6 heteroatoms. The number of carbonyl (C=O) groups is 1. The number of para-hydroxylation sites is 1. The molecule has 0 radical (unpaired) electrons. The van der Waals surface area contributed by atoms with E-state index in [0.29, 0.717) is 24.3 Å². The van der Waals surface area contributed by atoms with Crippen LogP contribution in [-0.4, -0.2) is 32.3 Å². The summed E-state index contributed by atoms with van der Waals surface area (Å²) in [6, 6.07) is 14.5. The maximum atomic E-state index is 12.4. The van der Waals surface area contributed by atoms with Crippen molar-refractivity contribution in [3.8, 4) is 0 Å². The van der Waals surface area contributed by atoms with Crippen molar-refractivity contribution < 1.29 is 13.2 Å². The van der Waals surface area contributed by atoms with Gasteiger partial charge in [-0.05, 0) is 36.4 Å². The highest BCUT2D eigenvalue weighted by Crippen LogP contribution is 2.17. The van der Waals surface area contributed by atoms with Gasteiger partial charge in [-0.1, -0.05) is 30.4 Å². The predicted octanol–water partition coefficient (Wildman–Crippen LogP) is 3.30. The van der Waals surface area contributed by atoms with Crippen LogP contribution in [0.25, 0.3) is 0 Å². The maximum Gasteiger partial charge on any atom is 0.261 e. The number of sulfonamides is 1. The van der Waals surface area contributed by atoms with Crippen LogP contribution in [0.15, 0.2) is 84.8 Å². The first-order valence-corrected chi connectivity index (χ1v) is 9.15. The van der Waals surface area contributed by atoms with Crippen molar-refractivity contribution in [1.82, 2.24) is 4.90 Å². The Balaban J connectivity index is 2.19. The molecule has 0 aliphatic rings. The van der Waals surface area contributed by atoms with Crippen molar-refractivity contribution >= 4 is 21.6 Å². The van der Waals surface area contributed by atoms with Crippen LogP contribution in [0.1, 0.15) is 10.4 Å². The number of anilines is 1. The largest absolute Gasteiger partial charge is 0.331 e. The van der Waals surface area contributed by atoms with Crippen LogP contribution in [0, 0.1) is 0 Å². The lowest BCUT2D eigenvalue weighted by molar-refractivity contribution is 0.0790. The van der Waals surface area contributed by atoms with Gasteiger partial charge >= 0.3 is 0 Å². The normalized spacial score (nSPS) is 10.7. The van der Waals surface area contributed by atoms with Gasteiger partial charge in [0.15, 0.2) is 0 Å². The molecule has 0 unspecified atom stereocenters. The second kappa shape index (κ2) is 8.30. The molecular formula is C19H20N2O3S. The number of benzene rings is 2. The minimum atomic E-state index is -3.70. The van der Waals surface area contributed by atoms with E-state index in [2.05, 4.69) is 17.9 Å². The van der Waals surface area contributed by atoms with Gasteiger partial charge in [-0.15, -0.1) is 13.2 Å². The van der Waals surface area contributed by atoms with Crippen molar-refractivity contribution in [2.45, 2.75) is 4.90 Å². The van der Waals surface area contributed by atoms with Gasteiger partial charge in [-0.3, -0.25) is 9.52 Å². The number of nitrogens with zero attached hydrogens (tertiary/aromatic N) is 1. The van der Waals surface area contributed by atoms with E-state index in [1.165, 1.54) is 24.3 Å². The predicted molar refractivity (Wildman–Crippen MR) is 100.0 cm³/mol. The van der Waals surface area contributed by atoms with Crippen molar-refractivity contribution in [3.05, 3.63) is 85.5 Å². The summed E-state index contributed by atoms with van der Waals surface area (Å²) in [5, 5.41) is 0. The number of hydrogen-bond donors (Lipinski definition) is 1. The van der Waals surface area contributed by atoms with Crippen LogP contribution < -0.4 is 4.72 Å². The highest BCUT2D eigenvalue weighted by atomic mass is 32.2. The fourth-order valence-corrected chi connectivity index (χ4v) is 3.29. The highest BCUT2D eigenvalue weighted by molar-refractivity contribution is 7.92. The molecule has 1 amide bonds. The molecule has 130 valence electrons. The van der Waals surface area contributed by atoms with Gasteiger partial charge in [0.1, 0.15) is 0 Å². The molecular weight excluding hydrogens is 336 g/mol. The smallest absolute Gasteiger partial charge is 0.261 e. The molecule has 1 N–H and O–H groups in total. The van der Waals surface area contributed by atoms with Gasteiger partial charge < -0.3 is 4.90 Å². The first kappa shape index (κ1) is 18.5. The second-order valence-corrected chi connectivity index (χ2v) is 6.97. The molecule has 0 heterocycles. The molecule has 0 saturated carbocycles. The summed E-state index contributed by atoms with van der Waals surface area (Å²) in [6.45, 7) is 8.04. The summed E-state index contributed by atoms with van der Waals surface area (Å²) < 4.78 is 27.3. The van der Waals surface area contributed by atoms with Gasteiger partial charge in [-0.2, -0.15) is 0 Å². The van der Waals surface area contributed by atoms with Gasteiger partial charge in [0.25, 0.3) is 15.9 Å². The SMILES string of the molecule is C=CCN(CC=C)C(=O)c1ccc(S(=O)(=O)Nc2ccccc2)cc1. The lowest BCUT2D eigenvalue weighted by atomic mass is 10.2. The molecule has 0 aliphatic heterocycles. The maximum absolute atomic E-state index is 12.4. The summed E-state index contributed by atoms with van der Waals surface area (Å²) >= 11 is 0. The van der Waals surface area contributed by atoms with Crippen LogP contribution in [-0.2, 0) is 10.0 Å². The molecule has 0 aliphatic carbocycles. The zero-order valence-corrected chi connectivity index (χ0v) is 14.6. The van der Waals surface area contributed by atoms with E-state index >= 15 is 0 Å². The van der Waals surface area contributed by atoms with Gasteiger partial charge in [0.2, 0.25) is 0 Å². The van der Waals surface area contributed by atoms with E-state index in [9.17, 15) is 13.2 Å². The first-order valence-electron chi connectivity index (χ1n) is 7.67. The van der Waals surface area contributed by atoms with Gasteiger partial charge in [0.05, 0.1) is 4.90 Å². The molecule has 0 atom stereocenters. The molecule has 2 rings (SSSR count). The van der Waals surface area contributed by atoms with Crippen LogP contribution in [0.3, 0.4) is 0 Å². The Kier molecular flexibility index (Phi) is 6.14. The van der Waals surface area contributed by atoms with Crippen molar-refractivity contribution in [3.63, 3.8) is 0 Å². The fourth-order valence-electron chi connectivity index (χ4n) is 2.23. The molecule has 0 bridgehead atoms. The zero-order chi connectivity index (χ0) is 18.3. The van der Waals surface area contributed by atoms with Crippen LogP contribution >= 0.6 is 0 Å². The zero-order valence-electron chi connectivity index (χ0n) is 13.8. The summed E-state index contributed by atoms with van der Waals surface area (Å²) in [5.41, 5.74) is 0.883. The van der Waals surface area contributed by atoms with Crippen molar-refractivity contribution in [2.24, 2.45) is 0 Å².